The van der Waals surface area contributed by atoms with Gasteiger partial charge in [0.25, 0.3) is 0 Å². The van der Waals surface area contributed by atoms with Gasteiger partial charge in [0.1, 0.15) is 6.07 Å². The van der Waals surface area contributed by atoms with Crippen molar-refractivity contribution in [1.29, 1.82) is 5.26 Å². The molecule has 2 aromatic rings. The van der Waals surface area contributed by atoms with Gasteiger partial charge in [-0.25, -0.2) is 8.78 Å². The lowest BCUT2D eigenvalue weighted by Crippen LogP contribution is -1.99. The van der Waals surface area contributed by atoms with Gasteiger partial charge in [-0.3, -0.25) is 0 Å². The number of anilines is 2. The molecule has 0 bridgehead atoms. The lowest BCUT2D eigenvalue weighted by Gasteiger charge is -2.10. The third-order valence-corrected chi connectivity index (χ3v) is 2.62. The first-order valence-corrected chi connectivity index (χ1v) is 5.34. The van der Waals surface area contributed by atoms with Crippen molar-refractivity contribution in [1.82, 2.24) is 0 Å². The minimum Gasteiger partial charge on any atom is -0.353 e. The molecule has 2 nitrogen and oxygen atoms in total. The topological polar surface area (TPSA) is 35.8 Å². The Morgan fingerprint density at radius 2 is 1.72 bits per heavy atom. The van der Waals surface area contributed by atoms with E-state index >= 15 is 0 Å². The fraction of sp³-hybridized carbons (Fsp3) is 0.0714. The van der Waals surface area contributed by atoms with Crippen molar-refractivity contribution in [2.24, 2.45) is 0 Å². The molecule has 0 atom stereocenters. The minimum atomic E-state index is -1.13. The van der Waals surface area contributed by atoms with Crippen molar-refractivity contribution in [2.75, 3.05) is 5.32 Å². The molecule has 18 heavy (non-hydrogen) atoms. The van der Waals surface area contributed by atoms with Gasteiger partial charge in [0.05, 0.1) is 11.3 Å². The maximum atomic E-state index is 13.7. The second kappa shape index (κ2) is 4.84. The summed E-state index contributed by atoms with van der Waals surface area (Å²) < 4.78 is 27.1. The first-order chi connectivity index (χ1) is 8.63. The molecule has 0 spiro atoms. The molecule has 0 radical (unpaired) electrons. The van der Waals surface area contributed by atoms with Crippen molar-refractivity contribution in [3.63, 3.8) is 0 Å². The fourth-order valence-electron chi connectivity index (χ4n) is 1.59. The highest BCUT2D eigenvalue weighted by Gasteiger charge is 2.13. The van der Waals surface area contributed by atoms with Crippen LogP contribution in [-0.4, -0.2) is 0 Å². The third kappa shape index (κ3) is 2.16. The average molecular weight is 244 g/mol. The number of para-hydroxylation sites is 1. The molecule has 2 rings (SSSR count). The van der Waals surface area contributed by atoms with Crippen LogP contribution in [0.1, 0.15) is 11.1 Å². The molecule has 90 valence electrons. The number of halogens is 2. The standard InChI is InChI=1S/C14H10F2N2/c1-9-4-2-3-5-11(9)18-12-7-6-10(8-17)13(15)14(12)16/h2-7,18H,1H3. The van der Waals surface area contributed by atoms with Crippen molar-refractivity contribution >= 4 is 11.4 Å². The van der Waals surface area contributed by atoms with Gasteiger partial charge in [-0.1, -0.05) is 18.2 Å². The Morgan fingerprint density at radius 3 is 2.39 bits per heavy atom. The van der Waals surface area contributed by atoms with E-state index in [0.29, 0.717) is 5.69 Å². The van der Waals surface area contributed by atoms with Crippen LogP contribution < -0.4 is 5.32 Å². The van der Waals surface area contributed by atoms with Crippen LogP contribution in [0.2, 0.25) is 0 Å². The predicted octanol–water partition coefficient (Wildman–Crippen LogP) is 3.89. The molecule has 1 N–H and O–H groups in total. The zero-order valence-corrected chi connectivity index (χ0v) is 9.67. The second-order valence-electron chi connectivity index (χ2n) is 3.84. The van der Waals surface area contributed by atoms with Crippen molar-refractivity contribution in [3.8, 4) is 6.07 Å². The number of hydrogen-bond acceptors (Lipinski definition) is 2. The molecule has 0 aromatic heterocycles. The normalized spacial score (nSPS) is 9.89. The molecule has 0 heterocycles. The number of nitrogens with one attached hydrogen (secondary N) is 1. The van der Waals surface area contributed by atoms with E-state index in [1.165, 1.54) is 12.1 Å². The molecule has 0 saturated heterocycles. The average Bonchev–Trinajstić information content (AvgIpc) is 2.38. The van der Waals surface area contributed by atoms with Crippen LogP contribution in [0, 0.1) is 29.9 Å². The maximum absolute atomic E-state index is 13.7. The second-order valence-corrected chi connectivity index (χ2v) is 3.84. The molecule has 0 aliphatic rings. The van der Waals surface area contributed by atoms with Crippen LogP contribution in [0.3, 0.4) is 0 Å². The molecular formula is C14H10F2N2. The summed E-state index contributed by atoms with van der Waals surface area (Å²) in [5.74, 6) is -2.17. The van der Waals surface area contributed by atoms with Crippen molar-refractivity contribution in [3.05, 3.63) is 59.2 Å². The molecule has 0 amide bonds. The summed E-state index contributed by atoms with van der Waals surface area (Å²) in [5.41, 5.74) is 1.32. The molecular weight excluding hydrogens is 234 g/mol. The van der Waals surface area contributed by atoms with Crippen LogP contribution in [0.15, 0.2) is 36.4 Å². The summed E-state index contributed by atoms with van der Waals surface area (Å²) >= 11 is 0. The third-order valence-electron chi connectivity index (χ3n) is 2.62. The van der Waals surface area contributed by atoms with E-state index in [1.807, 2.05) is 19.1 Å². The number of rotatable bonds is 2. The number of benzene rings is 2. The number of hydrogen-bond donors (Lipinski definition) is 1. The Labute approximate surface area is 103 Å². The highest BCUT2D eigenvalue weighted by molar-refractivity contribution is 5.64. The molecule has 0 saturated carbocycles. The van der Waals surface area contributed by atoms with Crippen LogP contribution >= 0.6 is 0 Å². The van der Waals surface area contributed by atoms with Crippen molar-refractivity contribution in [2.45, 2.75) is 6.92 Å². The zero-order valence-electron chi connectivity index (χ0n) is 9.67. The van der Waals surface area contributed by atoms with Gasteiger partial charge in [0.2, 0.25) is 0 Å². The fourth-order valence-corrected chi connectivity index (χ4v) is 1.59. The molecule has 4 heteroatoms. The van der Waals surface area contributed by atoms with Gasteiger partial charge in [-0.15, -0.1) is 0 Å². The molecule has 0 unspecified atom stereocenters. The summed E-state index contributed by atoms with van der Waals surface area (Å²) in [4.78, 5) is 0. The molecule has 0 aliphatic heterocycles. The lowest BCUT2D eigenvalue weighted by molar-refractivity contribution is 0.509. The maximum Gasteiger partial charge on any atom is 0.183 e. The molecule has 0 fully saturated rings. The number of nitrogens with zero attached hydrogens (tertiary/aromatic N) is 1. The van der Waals surface area contributed by atoms with Gasteiger partial charge in [-0.05, 0) is 30.7 Å². The Bertz CT molecular complexity index is 630. The highest BCUT2D eigenvalue weighted by Crippen LogP contribution is 2.25. The van der Waals surface area contributed by atoms with Gasteiger partial charge >= 0.3 is 0 Å². The number of nitriles is 1. The summed E-state index contributed by atoms with van der Waals surface area (Å²) in [7, 11) is 0. The van der Waals surface area contributed by atoms with E-state index in [2.05, 4.69) is 5.32 Å². The van der Waals surface area contributed by atoms with Gasteiger partial charge in [0.15, 0.2) is 11.6 Å². The van der Waals surface area contributed by atoms with Gasteiger partial charge < -0.3 is 5.32 Å². The van der Waals surface area contributed by atoms with Crippen LogP contribution in [-0.2, 0) is 0 Å². The van der Waals surface area contributed by atoms with E-state index in [0.717, 1.165) is 5.56 Å². The van der Waals surface area contributed by atoms with Crippen LogP contribution in [0.5, 0.6) is 0 Å². The summed E-state index contributed by atoms with van der Waals surface area (Å²) in [6.45, 7) is 1.86. The first-order valence-electron chi connectivity index (χ1n) is 5.34. The number of aryl methyl sites for hydroxylation is 1. The Morgan fingerprint density at radius 1 is 1.00 bits per heavy atom. The lowest BCUT2D eigenvalue weighted by atomic mass is 10.1. The van der Waals surface area contributed by atoms with Gasteiger partial charge in [-0.2, -0.15) is 5.26 Å². The smallest absolute Gasteiger partial charge is 0.183 e. The molecule has 2 aromatic carbocycles. The Balaban J connectivity index is 2.40. The minimum absolute atomic E-state index is 0.0146. The van der Waals surface area contributed by atoms with Crippen LogP contribution in [0.25, 0.3) is 0 Å². The van der Waals surface area contributed by atoms with E-state index in [9.17, 15) is 8.78 Å². The SMILES string of the molecule is Cc1ccccc1Nc1ccc(C#N)c(F)c1F. The van der Waals surface area contributed by atoms with E-state index in [-0.39, 0.29) is 11.3 Å². The summed E-state index contributed by atoms with van der Waals surface area (Å²) in [6, 6.07) is 11.5. The van der Waals surface area contributed by atoms with Crippen molar-refractivity contribution < 1.29 is 8.78 Å². The van der Waals surface area contributed by atoms with E-state index in [1.54, 1.807) is 18.2 Å². The summed E-state index contributed by atoms with van der Waals surface area (Å²) in [5, 5.41) is 11.4. The van der Waals surface area contributed by atoms with Gasteiger partial charge in [0, 0.05) is 5.69 Å². The Hall–Kier alpha value is -2.41. The first kappa shape index (κ1) is 12.1. The van der Waals surface area contributed by atoms with E-state index in [4.69, 9.17) is 5.26 Å². The molecule has 0 aliphatic carbocycles. The summed E-state index contributed by atoms with van der Waals surface area (Å²) in [6.07, 6.45) is 0. The zero-order chi connectivity index (χ0) is 13.1. The Kier molecular flexibility index (Phi) is 3.24. The predicted molar refractivity (Wildman–Crippen MR) is 65.5 cm³/mol. The monoisotopic (exact) mass is 244 g/mol. The highest BCUT2D eigenvalue weighted by atomic mass is 19.2. The largest absolute Gasteiger partial charge is 0.353 e. The van der Waals surface area contributed by atoms with Crippen LogP contribution in [0.4, 0.5) is 20.2 Å². The quantitative estimate of drug-likeness (QED) is 0.869. The van der Waals surface area contributed by atoms with E-state index < -0.39 is 11.6 Å².